The van der Waals surface area contributed by atoms with Crippen molar-refractivity contribution in [3.8, 4) is 5.75 Å². The number of hydrogen-bond acceptors (Lipinski definition) is 3. The van der Waals surface area contributed by atoms with Gasteiger partial charge in [-0.05, 0) is 42.3 Å². The molecule has 2 heterocycles. The molecule has 0 amide bonds. The van der Waals surface area contributed by atoms with Crippen molar-refractivity contribution in [2.45, 2.75) is 25.4 Å². The van der Waals surface area contributed by atoms with Crippen LogP contribution in [0.25, 0.3) is 10.9 Å². The number of benzene rings is 2. The summed E-state index contributed by atoms with van der Waals surface area (Å²) in [4.78, 5) is 8.51. The van der Waals surface area contributed by atoms with Crippen LogP contribution in [0.1, 0.15) is 33.9 Å². The van der Waals surface area contributed by atoms with Crippen molar-refractivity contribution in [1.29, 1.82) is 0 Å². The van der Waals surface area contributed by atoms with Gasteiger partial charge in [0.2, 0.25) is 0 Å². The number of phenols is 1. The first-order chi connectivity index (χ1) is 15.1. The zero-order valence-corrected chi connectivity index (χ0v) is 17.5. The number of rotatable bonds is 4. The fourth-order valence-electron chi connectivity index (χ4n) is 3.78. The van der Waals surface area contributed by atoms with Gasteiger partial charge in [-0.2, -0.15) is 13.2 Å². The zero-order chi connectivity index (χ0) is 23.0. The number of aromatic nitrogens is 2. The Labute approximate surface area is 186 Å². The Morgan fingerprint density at radius 3 is 2.47 bits per heavy atom. The molecule has 2 aromatic heterocycles. The second kappa shape index (κ2) is 8.39. The number of fused-ring (bicyclic) bond motifs is 1. The molecule has 2 aromatic carbocycles. The molecule has 0 radical (unpaired) electrons. The summed E-state index contributed by atoms with van der Waals surface area (Å²) in [6.45, 7) is 1.79. The third-order valence-corrected chi connectivity index (χ3v) is 5.62. The maximum Gasteiger partial charge on any atom is 0.416 e. The van der Waals surface area contributed by atoms with E-state index >= 15 is 0 Å². The van der Waals surface area contributed by atoms with E-state index in [2.05, 4.69) is 9.97 Å². The van der Waals surface area contributed by atoms with Crippen molar-refractivity contribution >= 4 is 22.5 Å². The summed E-state index contributed by atoms with van der Waals surface area (Å²) >= 11 is 5.99. The lowest BCUT2D eigenvalue weighted by Crippen LogP contribution is -2.12. The number of nitrogens with zero attached hydrogens (tertiary/aromatic N) is 2. The number of halogens is 5. The third-order valence-electron chi connectivity index (χ3n) is 5.41. The van der Waals surface area contributed by atoms with Crippen molar-refractivity contribution in [1.82, 2.24) is 9.97 Å². The topological polar surface area (TPSA) is 46.0 Å². The molecule has 3 nitrogen and oxygen atoms in total. The van der Waals surface area contributed by atoms with Crippen molar-refractivity contribution < 1.29 is 22.7 Å². The van der Waals surface area contributed by atoms with Gasteiger partial charge in [0.1, 0.15) is 17.1 Å². The van der Waals surface area contributed by atoms with Gasteiger partial charge in [0, 0.05) is 41.4 Å². The van der Waals surface area contributed by atoms with Gasteiger partial charge in [-0.15, -0.1) is 0 Å². The van der Waals surface area contributed by atoms with Crippen LogP contribution in [-0.4, -0.2) is 15.1 Å². The highest BCUT2D eigenvalue weighted by atomic mass is 35.5. The lowest BCUT2D eigenvalue weighted by Gasteiger charge is -2.22. The highest BCUT2D eigenvalue weighted by Gasteiger charge is 2.32. The summed E-state index contributed by atoms with van der Waals surface area (Å²) in [6, 6.07) is 11.0. The van der Waals surface area contributed by atoms with Crippen LogP contribution in [0.15, 0.2) is 60.9 Å². The van der Waals surface area contributed by atoms with Crippen molar-refractivity contribution in [2.24, 2.45) is 0 Å². The van der Waals surface area contributed by atoms with Crippen LogP contribution in [-0.2, 0) is 12.6 Å². The predicted octanol–water partition coefficient (Wildman–Crippen LogP) is 6.83. The normalized spacial score (nSPS) is 12.8. The van der Waals surface area contributed by atoms with Crippen LogP contribution >= 0.6 is 11.6 Å². The van der Waals surface area contributed by atoms with Gasteiger partial charge in [0.05, 0.1) is 10.6 Å². The van der Waals surface area contributed by atoms with Crippen LogP contribution in [0.3, 0.4) is 0 Å². The van der Waals surface area contributed by atoms with Gasteiger partial charge in [-0.1, -0.05) is 35.9 Å². The monoisotopic (exact) mass is 460 g/mol. The second-order valence-electron chi connectivity index (χ2n) is 7.49. The number of aryl methyl sites for hydroxylation is 1. The quantitative estimate of drug-likeness (QED) is 0.339. The molecule has 0 aliphatic rings. The average molecular weight is 461 g/mol. The minimum absolute atomic E-state index is 0.0136. The molecule has 32 heavy (non-hydrogen) atoms. The zero-order valence-electron chi connectivity index (χ0n) is 16.8. The van der Waals surface area contributed by atoms with E-state index in [9.17, 15) is 22.7 Å². The Bertz CT molecular complexity index is 1310. The molecule has 4 aromatic rings. The highest BCUT2D eigenvalue weighted by Crippen LogP contribution is 2.40. The van der Waals surface area contributed by atoms with E-state index < -0.39 is 23.5 Å². The van der Waals surface area contributed by atoms with Gasteiger partial charge in [0.25, 0.3) is 0 Å². The first-order valence-corrected chi connectivity index (χ1v) is 10.1. The van der Waals surface area contributed by atoms with Gasteiger partial charge in [-0.3, -0.25) is 9.97 Å². The van der Waals surface area contributed by atoms with Crippen LogP contribution in [0.4, 0.5) is 17.6 Å². The number of pyridine rings is 2. The molecule has 0 spiro atoms. The lowest BCUT2D eigenvalue weighted by molar-refractivity contribution is -0.137. The van der Waals surface area contributed by atoms with Gasteiger partial charge in [0.15, 0.2) is 0 Å². The van der Waals surface area contributed by atoms with Crippen molar-refractivity contribution in [2.75, 3.05) is 0 Å². The number of aromatic hydroxyl groups is 1. The Kier molecular flexibility index (Phi) is 5.77. The predicted molar refractivity (Wildman–Crippen MR) is 114 cm³/mol. The van der Waals surface area contributed by atoms with Crippen LogP contribution in [0, 0.1) is 12.7 Å². The van der Waals surface area contributed by atoms with E-state index in [0.29, 0.717) is 33.2 Å². The molecule has 0 fully saturated rings. The Hall–Kier alpha value is -3.19. The number of phenolic OH excluding ortho intramolecular Hbond substituents is 1. The largest absolute Gasteiger partial charge is 0.505 e. The maximum absolute atomic E-state index is 15.0. The molecule has 8 heteroatoms. The van der Waals surface area contributed by atoms with Crippen molar-refractivity contribution in [3.63, 3.8) is 0 Å². The van der Waals surface area contributed by atoms with Crippen LogP contribution in [0.2, 0.25) is 5.02 Å². The molecule has 1 N–H and O–H groups in total. The molecule has 1 atom stereocenters. The molecule has 0 saturated carbocycles. The van der Waals surface area contributed by atoms with Gasteiger partial charge >= 0.3 is 6.18 Å². The minimum Gasteiger partial charge on any atom is -0.505 e. The highest BCUT2D eigenvalue weighted by molar-refractivity contribution is 6.30. The van der Waals surface area contributed by atoms with Crippen molar-refractivity contribution in [3.05, 3.63) is 99.7 Å². The lowest BCUT2D eigenvalue weighted by atomic mass is 9.84. The van der Waals surface area contributed by atoms with E-state index in [1.165, 1.54) is 12.4 Å². The summed E-state index contributed by atoms with van der Waals surface area (Å²) < 4.78 is 54.2. The summed E-state index contributed by atoms with van der Waals surface area (Å²) in [5, 5.41) is 12.1. The minimum atomic E-state index is -4.67. The molecule has 0 bridgehead atoms. The standard InChI is InChI=1S/C24H17ClF4N2O/c1-13-9-16(25)12-31-21(13)11-19(17-7-5-15(10-20(17)26)24(27,28)29)18-6-4-14-3-2-8-30-22(14)23(18)32/h2-10,12,19,32H,11H2,1H3. The fraction of sp³-hybridized carbons (Fsp3) is 0.167. The first kappa shape index (κ1) is 22.0. The Morgan fingerprint density at radius 2 is 1.78 bits per heavy atom. The summed E-state index contributed by atoms with van der Waals surface area (Å²) in [5.41, 5.74) is 0.920. The average Bonchev–Trinajstić information content (AvgIpc) is 2.74. The SMILES string of the molecule is Cc1cc(Cl)cnc1CC(c1ccc(C(F)(F)F)cc1F)c1ccc2cccnc2c1O. The van der Waals surface area contributed by atoms with E-state index in [1.54, 1.807) is 37.3 Å². The summed E-state index contributed by atoms with van der Waals surface area (Å²) in [6.07, 6.45) is -1.56. The van der Waals surface area contributed by atoms with E-state index in [1.807, 2.05) is 0 Å². The molecule has 0 saturated heterocycles. The Balaban J connectivity index is 1.89. The number of hydrogen-bond donors (Lipinski definition) is 1. The first-order valence-electron chi connectivity index (χ1n) is 9.69. The van der Waals surface area contributed by atoms with E-state index in [4.69, 9.17) is 11.6 Å². The fourth-order valence-corrected chi connectivity index (χ4v) is 3.99. The van der Waals surface area contributed by atoms with E-state index in [-0.39, 0.29) is 17.7 Å². The van der Waals surface area contributed by atoms with Gasteiger partial charge < -0.3 is 5.11 Å². The number of alkyl halides is 3. The Morgan fingerprint density at radius 1 is 1.03 bits per heavy atom. The molecular weight excluding hydrogens is 444 g/mol. The van der Waals surface area contributed by atoms with Gasteiger partial charge in [-0.25, -0.2) is 4.39 Å². The third kappa shape index (κ3) is 4.25. The molecule has 0 aliphatic carbocycles. The smallest absolute Gasteiger partial charge is 0.416 e. The molecule has 4 rings (SSSR count). The van der Waals surface area contributed by atoms with E-state index in [0.717, 1.165) is 17.7 Å². The summed E-state index contributed by atoms with van der Waals surface area (Å²) in [5.74, 6) is -1.98. The molecular formula is C24H17ClF4N2O. The van der Waals surface area contributed by atoms with Crippen LogP contribution in [0.5, 0.6) is 5.75 Å². The molecule has 164 valence electrons. The maximum atomic E-state index is 15.0. The van der Waals surface area contributed by atoms with Crippen LogP contribution < -0.4 is 0 Å². The summed E-state index contributed by atoms with van der Waals surface area (Å²) in [7, 11) is 0. The molecule has 1 unspecified atom stereocenters. The second-order valence-corrected chi connectivity index (χ2v) is 7.92. The molecule has 0 aliphatic heterocycles.